The molecule has 0 bridgehead atoms. The monoisotopic (exact) mass is 554 g/mol. The lowest BCUT2D eigenvalue weighted by Gasteiger charge is -2.39. The number of para-hydroxylation sites is 2. The van der Waals surface area contributed by atoms with Gasteiger partial charge in [0, 0.05) is 53.2 Å². The van der Waals surface area contributed by atoms with Gasteiger partial charge in [-0.25, -0.2) is 0 Å². The lowest BCUT2D eigenvalue weighted by molar-refractivity contribution is 1.18. The third-order valence-corrected chi connectivity index (χ3v) is 12.6. The van der Waals surface area contributed by atoms with E-state index in [1.54, 1.807) is 0 Å². The Kier molecular flexibility index (Phi) is 5.02. The zero-order valence-electron chi connectivity index (χ0n) is 22.8. The number of fused-ring (bicyclic) bond motifs is 10. The fourth-order valence-corrected chi connectivity index (χ4v) is 11.4. The lowest BCUT2D eigenvalue weighted by atomic mass is 9.98. The van der Waals surface area contributed by atoms with Gasteiger partial charge in [-0.15, -0.1) is 10.0 Å². The SMILES string of the molecule is c1ccc(-n2c3ccccc3c3c4cccnc4c4c(c32)-c2ccccc2S4(c2ccccc2)c2ccccc2)cc1. The van der Waals surface area contributed by atoms with Gasteiger partial charge in [0.15, 0.2) is 0 Å². The maximum atomic E-state index is 5.23. The Hall–Kier alpha value is -5.12. The van der Waals surface area contributed by atoms with Crippen LogP contribution in [0.4, 0.5) is 0 Å². The summed E-state index contributed by atoms with van der Waals surface area (Å²) in [5, 5.41) is 3.72. The second-order valence-electron chi connectivity index (χ2n) is 10.8. The first-order chi connectivity index (χ1) is 20.9. The van der Waals surface area contributed by atoms with Crippen LogP contribution in [0, 0.1) is 0 Å². The minimum Gasteiger partial charge on any atom is -0.309 e. The van der Waals surface area contributed by atoms with E-state index in [-0.39, 0.29) is 0 Å². The highest BCUT2D eigenvalue weighted by atomic mass is 32.3. The summed E-state index contributed by atoms with van der Waals surface area (Å²) < 4.78 is 2.48. The van der Waals surface area contributed by atoms with Gasteiger partial charge in [0.1, 0.15) is 0 Å². The first-order valence-corrected chi connectivity index (χ1v) is 15.9. The Bertz CT molecular complexity index is 2250. The van der Waals surface area contributed by atoms with E-state index in [0.717, 1.165) is 5.52 Å². The topological polar surface area (TPSA) is 17.8 Å². The third-order valence-electron chi connectivity index (χ3n) is 8.63. The van der Waals surface area contributed by atoms with Gasteiger partial charge in [0.2, 0.25) is 0 Å². The van der Waals surface area contributed by atoms with Crippen molar-refractivity contribution in [3.05, 3.63) is 158 Å². The molecule has 1 aliphatic heterocycles. The van der Waals surface area contributed by atoms with Crippen molar-refractivity contribution in [2.24, 2.45) is 0 Å². The molecule has 0 amide bonds. The largest absolute Gasteiger partial charge is 0.309 e. The fourth-order valence-electron chi connectivity index (χ4n) is 7.08. The molecule has 0 fully saturated rings. The van der Waals surface area contributed by atoms with Crippen molar-refractivity contribution < 1.29 is 0 Å². The quantitative estimate of drug-likeness (QED) is 0.212. The molecule has 8 aromatic rings. The van der Waals surface area contributed by atoms with Crippen LogP contribution in [-0.2, 0) is 0 Å². The Labute approximate surface area is 245 Å². The van der Waals surface area contributed by atoms with Gasteiger partial charge in [-0.2, -0.15) is 0 Å². The molecule has 0 spiro atoms. The Morgan fingerprint density at radius 3 is 1.86 bits per heavy atom. The molecule has 9 rings (SSSR count). The van der Waals surface area contributed by atoms with Crippen molar-refractivity contribution in [1.29, 1.82) is 0 Å². The van der Waals surface area contributed by atoms with E-state index in [4.69, 9.17) is 4.98 Å². The van der Waals surface area contributed by atoms with E-state index in [1.807, 2.05) is 6.20 Å². The molecule has 1 aliphatic rings. The average molecular weight is 555 g/mol. The van der Waals surface area contributed by atoms with E-state index in [9.17, 15) is 0 Å². The minimum absolute atomic E-state index is 1.09. The number of nitrogens with zero attached hydrogens (tertiary/aromatic N) is 2. The number of aromatic nitrogens is 2. The molecule has 2 aromatic heterocycles. The molecular weight excluding hydrogens is 529 g/mol. The van der Waals surface area contributed by atoms with Gasteiger partial charge in [0.05, 0.1) is 16.6 Å². The van der Waals surface area contributed by atoms with E-state index in [0.29, 0.717) is 0 Å². The van der Waals surface area contributed by atoms with Gasteiger partial charge < -0.3 is 4.57 Å². The average Bonchev–Trinajstić information content (AvgIpc) is 3.58. The molecule has 0 N–H and O–H groups in total. The van der Waals surface area contributed by atoms with Gasteiger partial charge in [0.25, 0.3) is 0 Å². The fraction of sp³-hybridized carbons (Fsp3) is 0. The molecule has 42 heavy (non-hydrogen) atoms. The summed E-state index contributed by atoms with van der Waals surface area (Å²) >= 11 is 0. The lowest BCUT2D eigenvalue weighted by Crippen LogP contribution is -2.03. The number of hydrogen-bond donors (Lipinski definition) is 0. The summed E-state index contributed by atoms with van der Waals surface area (Å²) in [6.07, 6.45) is 1.97. The maximum Gasteiger partial charge on any atom is 0.0846 e. The van der Waals surface area contributed by atoms with E-state index < -0.39 is 10.0 Å². The summed E-state index contributed by atoms with van der Waals surface area (Å²) in [5.41, 5.74) is 7.32. The number of pyridine rings is 1. The molecule has 3 heterocycles. The van der Waals surface area contributed by atoms with Crippen molar-refractivity contribution in [2.45, 2.75) is 19.6 Å². The third kappa shape index (κ3) is 2.98. The number of hydrogen-bond acceptors (Lipinski definition) is 1. The number of rotatable bonds is 3. The smallest absolute Gasteiger partial charge is 0.0846 e. The standard InChI is InChI=1S/C39H26N2S/c1-4-15-27(16-5-1)41-33-24-12-10-21-30(33)35-32-23-14-26-40-37(32)39-36(38(35)41)31-22-11-13-25-34(31)42(39,28-17-6-2-7-18-28)29-19-8-3-9-20-29/h1-26H. The molecular formula is C39H26N2S. The van der Waals surface area contributed by atoms with Crippen molar-refractivity contribution in [2.75, 3.05) is 0 Å². The maximum absolute atomic E-state index is 5.23. The molecule has 0 atom stereocenters. The molecule has 0 saturated heterocycles. The van der Waals surface area contributed by atoms with Crippen LogP contribution in [0.2, 0.25) is 0 Å². The minimum atomic E-state index is -1.87. The van der Waals surface area contributed by atoms with Crippen LogP contribution in [0.5, 0.6) is 0 Å². The molecule has 0 aliphatic carbocycles. The van der Waals surface area contributed by atoms with Gasteiger partial charge >= 0.3 is 0 Å². The normalized spacial score (nSPS) is 14.2. The van der Waals surface area contributed by atoms with Crippen molar-refractivity contribution >= 4 is 42.7 Å². The van der Waals surface area contributed by atoms with Crippen LogP contribution in [0.1, 0.15) is 0 Å². The first kappa shape index (κ1) is 23.6. The highest BCUT2D eigenvalue weighted by Gasteiger charge is 2.45. The van der Waals surface area contributed by atoms with Crippen LogP contribution in [0.15, 0.2) is 177 Å². The summed E-state index contributed by atoms with van der Waals surface area (Å²) in [7, 11) is -1.87. The highest BCUT2D eigenvalue weighted by molar-refractivity contribution is 8.34. The van der Waals surface area contributed by atoms with Crippen molar-refractivity contribution in [3.63, 3.8) is 0 Å². The van der Waals surface area contributed by atoms with Crippen LogP contribution in [-0.4, -0.2) is 9.55 Å². The predicted octanol–water partition coefficient (Wildman–Crippen LogP) is 10.7. The molecule has 0 radical (unpaired) electrons. The van der Waals surface area contributed by atoms with Crippen molar-refractivity contribution in [1.82, 2.24) is 9.55 Å². The molecule has 6 aromatic carbocycles. The highest BCUT2D eigenvalue weighted by Crippen LogP contribution is 2.81. The van der Waals surface area contributed by atoms with E-state index in [2.05, 4.69) is 156 Å². The Balaban J connectivity index is 1.63. The molecule has 0 saturated carbocycles. The second-order valence-corrected chi connectivity index (χ2v) is 13.8. The zero-order chi connectivity index (χ0) is 27.7. The number of benzene rings is 6. The van der Waals surface area contributed by atoms with Gasteiger partial charge in [-0.1, -0.05) is 97.1 Å². The van der Waals surface area contributed by atoms with E-state index in [1.165, 1.54) is 63.6 Å². The Morgan fingerprint density at radius 1 is 0.524 bits per heavy atom. The molecule has 3 heteroatoms. The van der Waals surface area contributed by atoms with Crippen LogP contribution < -0.4 is 0 Å². The first-order valence-electron chi connectivity index (χ1n) is 14.3. The van der Waals surface area contributed by atoms with Gasteiger partial charge in [-0.3, -0.25) is 4.98 Å². The molecule has 198 valence electrons. The Morgan fingerprint density at radius 2 is 1.12 bits per heavy atom. The zero-order valence-corrected chi connectivity index (χ0v) is 23.6. The molecule has 2 nitrogen and oxygen atoms in total. The van der Waals surface area contributed by atoms with Crippen LogP contribution >= 0.6 is 10.0 Å². The van der Waals surface area contributed by atoms with Crippen LogP contribution in [0.3, 0.4) is 0 Å². The summed E-state index contributed by atoms with van der Waals surface area (Å²) in [4.78, 5) is 10.6. The molecule has 0 unspecified atom stereocenters. The summed E-state index contributed by atoms with van der Waals surface area (Å²) in [5.74, 6) is 0. The second kappa shape index (κ2) is 8.94. The van der Waals surface area contributed by atoms with Crippen LogP contribution in [0.25, 0.3) is 49.5 Å². The van der Waals surface area contributed by atoms with Gasteiger partial charge in [-0.05, 0) is 60.2 Å². The van der Waals surface area contributed by atoms with Crippen molar-refractivity contribution in [3.8, 4) is 16.8 Å². The predicted molar refractivity (Wildman–Crippen MR) is 175 cm³/mol. The van der Waals surface area contributed by atoms with E-state index >= 15 is 0 Å². The summed E-state index contributed by atoms with van der Waals surface area (Å²) in [6.45, 7) is 0. The summed E-state index contributed by atoms with van der Waals surface area (Å²) in [6, 6.07) is 55.4.